The second kappa shape index (κ2) is 7.65. The summed E-state index contributed by atoms with van der Waals surface area (Å²) in [5.74, 6) is 0.826. The van der Waals surface area contributed by atoms with Crippen LogP contribution in [0.2, 0.25) is 10.0 Å². The Labute approximate surface area is 131 Å². The van der Waals surface area contributed by atoms with E-state index >= 15 is 0 Å². The SMILES string of the molecule is CC1CCCN(CCC(O)c2cccc(Cl)c2Cl)CC1. The van der Waals surface area contributed by atoms with Gasteiger partial charge in [-0.1, -0.05) is 42.3 Å². The van der Waals surface area contributed by atoms with E-state index in [1.54, 1.807) is 6.07 Å². The van der Waals surface area contributed by atoms with Crippen molar-refractivity contribution in [2.45, 2.75) is 38.7 Å². The monoisotopic (exact) mass is 315 g/mol. The van der Waals surface area contributed by atoms with Crippen LogP contribution in [0.3, 0.4) is 0 Å². The molecule has 1 heterocycles. The molecule has 20 heavy (non-hydrogen) atoms. The average molecular weight is 316 g/mol. The first-order valence-electron chi connectivity index (χ1n) is 7.42. The maximum Gasteiger partial charge on any atom is 0.0817 e. The fraction of sp³-hybridized carbons (Fsp3) is 0.625. The van der Waals surface area contributed by atoms with E-state index in [0.29, 0.717) is 16.5 Å². The second-order valence-corrected chi connectivity index (χ2v) is 6.61. The summed E-state index contributed by atoms with van der Waals surface area (Å²) in [6, 6.07) is 5.43. The van der Waals surface area contributed by atoms with Crippen LogP contribution in [0.15, 0.2) is 18.2 Å². The minimum Gasteiger partial charge on any atom is -0.388 e. The Hall–Kier alpha value is -0.280. The molecule has 2 unspecified atom stereocenters. The van der Waals surface area contributed by atoms with E-state index in [9.17, 15) is 5.11 Å². The lowest BCUT2D eigenvalue weighted by Gasteiger charge is -2.22. The maximum atomic E-state index is 10.3. The molecule has 0 saturated carbocycles. The van der Waals surface area contributed by atoms with Crippen molar-refractivity contribution in [3.05, 3.63) is 33.8 Å². The molecule has 1 aromatic rings. The summed E-state index contributed by atoms with van der Waals surface area (Å²) in [6.07, 6.45) is 4.00. The summed E-state index contributed by atoms with van der Waals surface area (Å²) in [5, 5.41) is 11.3. The third-order valence-corrected chi connectivity index (χ3v) is 5.00. The number of benzene rings is 1. The summed E-state index contributed by atoms with van der Waals surface area (Å²) in [7, 11) is 0. The summed E-state index contributed by atoms with van der Waals surface area (Å²) < 4.78 is 0. The highest BCUT2D eigenvalue weighted by atomic mass is 35.5. The van der Waals surface area contributed by atoms with E-state index in [-0.39, 0.29) is 0 Å². The van der Waals surface area contributed by atoms with Crippen LogP contribution in [0.4, 0.5) is 0 Å². The Morgan fingerprint density at radius 2 is 2.10 bits per heavy atom. The highest BCUT2D eigenvalue weighted by Crippen LogP contribution is 2.31. The van der Waals surface area contributed by atoms with Crippen LogP contribution in [0.5, 0.6) is 0 Å². The zero-order valence-corrected chi connectivity index (χ0v) is 13.5. The highest BCUT2D eigenvalue weighted by molar-refractivity contribution is 6.42. The van der Waals surface area contributed by atoms with E-state index in [2.05, 4.69) is 11.8 Å². The molecule has 1 aliphatic heterocycles. The second-order valence-electron chi connectivity index (χ2n) is 5.83. The van der Waals surface area contributed by atoms with Gasteiger partial charge in [-0.2, -0.15) is 0 Å². The number of rotatable bonds is 4. The van der Waals surface area contributed by atoms with Gasteiger partial charge in [-0.3, -0.25) is 0 Å². The fourth-order valence-electron chi connectivity index (χ4n) is 2.78. The van der Waals surface area contributed by atoms with Crippen molar-refractivity contribution >= 4 is 23.2 Å². The van der Waals surface area contributed by atoms with Gasteiger partial charge in [0.1, 0.15) is 0 Å². The van der Waals surface area contributed by atoms with Gasteiger partial charge in [-0.05, 0) is 50.8 Å². The number of aliphatic hydroxyl groups is 1. The van der Waals surface area contributed by atoms with E-state index in [4.69, 9.17) is 23.2 Å². The maximum absolute atomic E-state index is 10.3. The van der Waals surface area contributed by atoms with Gasteiger partial charge in [-0.25, -0.2) is 0 Å². The largest absolute Gasteiger partial charge is 0.388 e. The molecule has 1 aliphatic rings. The zero-order chi connectivity index (χ0) is 14.5. The lowest BCUT2D eigenvalue weighted by molar-refractivity contribution is 0.143. The summed E-state index contributed by atoms with van der Waals surface area (Å²) in [5.41, 5.74) is 0.738. The summed E-state index contributed by atoms with van der Waals surface area (Å²) >= 11 is 12.1. The van der Waals surface area contributed by atoms with Crippen molar-refractivity contribution in [3.63, 3.8) is 0 Å². The Balaban J connectivity index is 1.88. The smallest absolute Gasteiger partial charge is 0.0817 e. The van der Waals surface area contributed by atoms with Crippen LogP contribution >= 0.6 is 23.2 Å². The quantitative estimate of drug-likeness (QED) is 0.881. The van der Waals surface area contributed by atoms with Crippen LogP contribution in [0.25, 0.3) is 0 Å². The minimum absolute atomic E-state index is 0.478. The van der Waals surface area contributed by atoms with E-state index in [1.165, 1.54) is 19.3 Å². The van der Waals surface area contributed by atoms with Gasteiger partial charge in [0.25, 0.3) is 0 Å². The van der Waals surface area contributed by atoms with E-state index in [0.717, 1.165) is 31.1 Å². The number of hydrogen-bond acceptors (Lipinski definition) is 2. The fourth-order valence-corrected chi connectivity index (χ4v) is 3.22. The van der Waals surface area contributed by atoms with Gasteiger partial charge in [0, 0.05) is 12.1 Å². The Bertz CT molecular complexity index is 438. The van der Waals surface area contributed by atoms with Gasteiger partial charge >= 0.3 is 0 Å². The number of nitrogens with zero attached hydrogens (tertiary/aromatic N) is 1. The van der Waals surface area contributed by atoms with Gasteiger partial charge in [-0.15, -0.1) is 0 Å². The van der Waals surface area contributed by atoms with Gasteiger partial charge < -0.3 is 10.0 Å². The number of likely N-dealkylation sites (tertiary alicyclic amines) is 1. The first kappa shape index (κ1) is 16.1. The van der Waals surface area contributed by atoms with Crippen LogP contribution in [0, 0.1) is 5.92 Å². The highest BCUT2D eigenvalue weighted by Gasteiger charge is 2.17. The van der Waals surface area contributed by atoms with Crippen molar-refractivity contribution in [1.29, 1.82) is 0 Å². The van der Waals surface area contributed by atoms with Crippen molar-refractivity contribution in [1.82, 2.24) is 4.90 Å². The molecule has 0 amide bonds. The number of halogens is 2. The van der Waals surface area contributed by atoms with Crippen LogP contribution in [-0.4, -0.2) is 29.6 Å². The zero-order valence-electron chi connectivity index (χ0n) is 12.0. The molecular formula is C16H23Cl2NO. The predicted molar refractivity (Wildman–Crippen MR) is 85.5 cm³/mol. The molecule has 2 atom stereocenters. The van der Waals surface area contributed by atoms with Gasteiger partial charge in [0.05, 0.1) is 16.1 Å². The molecule has 4 heteroatoms. The molecule has 1 aromatic carbocycles. The summed E-state index contributed by atoms with van der Waals surface area (Å²) in [4.78, 5) is 2.45. The molecule has 0 aromatic heterocycles. The van der Waals surface area contributed by atoms with Crippen molar-refractivity contribution in [3.8, 4) is 0 Å². The topological polar surface area (TPSA) is 23.5 Å². The third kappa shape index (κ3) is 4.36. The molecule has 2 nitrogen and oxygen atoms in total. The third-order valence-electron chi connectivity index (χ3n) is 4.17. The Morgan fingerprint density at radius 1 is 1.30 bits per heavy atom. The predicted octanol–water partition coefficient (Wildman–Crippen LogP) is 4.54. The average Bonchev–Trinajstić information content (AvgIpc) is 2.64. The minimum atomic E-state index is -0.540. The van der Waals surface area contributed by atoms with E-state index < -0.39 is 6.10 Å². The number of hydrogen-bond donors (Lipinski definition) is 1. The summed E-state index contributed by atoms with van der Waals surface area (Å²) in [6.45, 7) is 5.51. The molecule has 1 N–H and O–H groups in total. The lowest BCUT2D eigenvalue weighted by Crippen LogP contribution is -2.27. The van der Waals surface area contributed by atoms with Crippen molar-refractivity contribution in [2.75, 3.05) is 19.6 Å². The molecule has 112 valence electrons. The van der Waals surface area contributed by atoms with Crippen LogP contribution in [0.1, 0.15) is 44.3 Å². The molecule has 0 bridgehead atoms. The number of aliphatic hydroxyl groups excluding tert-OH is 1. The normalized spacial score (nSPS) is 22.5. The van der Waals surface area contributed by atoms with Crippen molar-refractivity contribution < 1.29 is 5.11 Å². The molecule has 1 saturated heterocycles. The molecule has 0 radical (unpaired) electrons. The Morgan fingerprint density at radius 3 is 2.90 bits per heavy atom. The standard InChI is InChI=1S/C16H23Cl2NO/c1-12-4-3-9-19(10-7-12)11-8-15(20)13-5-2-6-14(17)16(13)18/h2,5-6,12,15,20H,3-4,7-11H2,1H3. The van der Waals surface area contributed by atoms with E-state index in [1.807, 2.05) is 12.1 Å². The molecule has 0 spiro atoms. The van der Waals surface area contributed by atoms with Crippen LogP contribution < -0.4 is 0 Å². The molecule has 1 fully saturated rings. The molecular weight excluding hydrogens is 293 g/mol. The first-order chi connectivity index (χ1) is 9.58. The lowest BCUT2D eigenvalue weighted by atomic mass is 10.0. The Kier molecular flexibility index (Phi) is 6.16. The van der Waals surface area contributed by atoms with Crippen molar-refractivity contribution in [2.24, 2.45) is 5.92 Å². The first-order valence-corrected chi connectivity index (χ1v) is 8.18. The van der Waals surface area contributed by atoms with Gasteiger partial charge in [0.15, 0.2) is 0 Å². The van der Waals surface area contributed by atoms with Crippen LogP contribution in [-0.2, 0) is 0 Å². The molecule has 2 rings (SSSR count). The molecule has 0 aliphatic carbocycles. The van der Waals surface area contributed by atoms with Gasteiger partial charge in [0.2, 0.25) is 0 Å².